The molecule has 8 heteroatoms. The zero-order valence-corrected chi connectivity index (χ0v) is 13.9. The molecule has 1 rings (SSSR count). The summed E-state index contributed by atoms with van der Waals surface area (Å²) in [6, 6.07) is 5.07. The van der Waals surface area contributed by atoms with Crippen molar-refractivity contribution < 1.29 is 14.7 Å². The molecule has 0 atom stereocenters. The maximum Gasteiger partial charge on any atom is 0.255 e. The zero-order valence-electron chi connectivity index (χ0n) is 11.6. The minimum absolute atomic E-state index is 0.0607. The van der Waals surface area contributed by atoms with Crippen LogP contribution in [0.15, 0.2) is 27.8 Å². The standard InChI is InChI=1S/C13H17BrClN3O3/c1-21-7-6-18(5-4-12(16)17-20)13(19)10-8-9(14)2-3-11(10)15/h2-3,8,20H,4-7H2,1H3,(H2,16,17). The number of oxime groups is 1. The van der Waals surface area contributed by atoms with Crippen molar-refractivity contribution in [3.05, 3.63) is 33.3 Å². The largest absolute Gasteiger partial charge is 0.409 e. The number of amidine groups is 1. The molecule has 0 heterocycles. The minimum atomic E-state index is -0.232. The van der Waals surface area contributed by atoms with Gasteiger partial charge in [-0.15, -0.1) is 0 Å². The highest BCUT2D eigenvalue weighted by atomic mass is 79.9. The van der Waals surface area contributed by atoms with E-state index in [0.29, 0.717) is 30.3 Å². The van der Waals surface area contributed by atoms with E-state index in [9.17, 15) is 4.79 Å². The topological polar surface area (TPSA) is 88.2 Å². The van der Waals surface area contributed by atoms with Gasteiger partial charge in [-0.25, -0.2) is 0 Å². The molecule has 0 spiro atoms. The zero-order chi connectivity index (χ0) is 15.8. The molecule has 0 saturated carbocycles. The van der Waals surface area contributed by atoms with E-state index in [1.54, 1.807) is 30.2 Å². The van der Waals surface area contributed by atoms with Crippen LogP contribution < -0.4 is 5.73 Å². The number of ether oxygens (including phenoxy) is 1. The highest BCUT2D eigenvalue weighted by Gasteiger charge is 2.19. The summed E-state index contributed by atoms with van der Waals surface area (Å²) in [5.41, 5.74) is 5.83. The number of hydrogen-bond acceptors (Lipinski definition) is 4. The van der Waals surface area contributed by atoms with Gasteiger partial charge >= 0.3 is 0 Å². The summed E-state index contributed by atoms with van der Waals surface area (Å²) < 4.78 is 5.76. The molecule has 0 bridgehead atoms. The molecular weight excluding hydrogens is 362 g/mol. The Hall–Kier alpha value is -1.31. The lowest BCUT2D eigenvalue weighted by atomic mass is 10.2. The highest BCUT2D eigenvalue weighted by Crippen LogP contribution is 2.22. The maximum absolute atomic E-state index is 12.5. The van der Waals surface area contributed by atoms with E-state index in [-0.39, 0.29) is 18.2 Å². The van der Waals surface area contributed by atoms with Crippen LogP contribution in [0.4, 0.5) is 0 Å². The van der Waals surface area contributed by atoms with Crippen molar-refractivity contribution in [2.45, 2.75) is 6.42 Å². The molecule has 0 saturated heterocycles. The van der Waals surface area contributed by atoms with Crippen LogP contribution in [-0.4, -0.2) is 48.7 Å². The SMILES string of the molecule is COCCN(CCC(N)=NO)C(=O)c1cc(Br)ccc1Cl. The van der Waals surface area contributed by atoms with Gasteiger partial charge in [0.1, 0.15) is 5.84 Å². The molecule has 0 aliphatic rings. The third-order valence-electron chi connectivity index (χ3n) is 2.78. The van der Waals surface area contributed by atoms with Crippen LogP contribution in [-0.2, 0) is 4.74 Å². The molecule has 0 aliphatic heterocycles. The smallest absolute Gasteiger partial charge is 0.255 e. The number of carbonyl (C=O) groups is 1. The van der Waals surface area contributed by atoms with E-state index in [1.165, 1.54) is 0 Å². The van der Waals surface area contributed by atoms with Gasteiger partial charge in [0.15, 0.2) is 0 Å². The number of nitrogens with two attached hydrogens (primary N) is 1. The Labute approximate surface area is 136 Å². The van der Waals surface area contributed by atoms with Gasteiger partial charge in [-0.1, -0.05) is 32.7 Å². The van der Waals surface area contributed by atoms with Gasteiger partial charge in [-0.2, -0.15) is 0 Å². The van der Waals surface area contributed by atoms with Crippen LogP contribution in [0.5, 0.6) is 0 Å². The second-order valence-electron chi connectivity index (χ2n) is 4.25. The van der Waals surface area contributed by atoms with E-state index in [4.69, 9.17) is 27.3 Å². The van der Waals surface area contributed by atoms with Crippen molar-refractivity contribution in [1.82, 2.24) is 4.90 Å². The van der Waals surface area contributed by atoms with Crippen LogP contribution in [0.25, 0.3) is 0 Å². The summed E-state index contributed by atoms with van der Waals surface area (Å²) in [7, 11) is 1.55. The van der Waals surface area contributed by atoms with Crippen molar-refractivity contribution in [2.75, 3.05) is 26.8 Å². The number of hydrogen-bond donors (Lipinski definition) is 2. The molecule has 0 radical (unpaired) electrons. The lowest BCUT2D eigenvalue weighted by molar-refractivity contribution is 0.0700. The summed E-state index contributed by atoms with van der Waals surface area (Å²) in [6.07, 6.45) is 0.261. The van der Waals surface area contributed by atoms with Crippen molar-refractivity contribution in [1.29, 1.82) is 0 Å². The summed E-state index contributed by atoms with van der Waals surface area (Å²) in [4.78, 5) is 14.1. The fourth-order valence-electron chi connectivity index (χ4n) is 1.65. The molecular formula is C13H17BrClN3O3. The molecule has 21 heavy (non-hydrogen) atoms. The van der Waals surface area contributed by atoms with E-state index in [1.807, 2.05) is 0 Å². The molecule has 1 aromatic carbocycles. The second-order valence-corrected chi connectivity index (χ2v) is 5.57. The molecule has 0 aromatic heterocycles. The molecule has 3 N–H and O–H groups in total. The van der Waals surface area contributed by atoms with Gasteiger partial charge < -0.3 is 20.6 Å². The Morgan fingerprint density at radius 2 is 2.24 bits per heavy atom. The fourth-order valence-corrected chi connectivity index (χ4v) is 2.21. The average molecular weight is 379 g/mol. The Kier molecular flexibility index (Phi) is 7.49. The van der Waals surface area contributed by atoms with Crippen molar-refractivity contribution >= 4 is 39.3 Å². The summed E-state index contributed by atoms with van der Waals surface area (Å²) in [5.74, 6) is -0.172. The molecule has 116 valence electrons. The number of methoxy groups -OCH3 is 1. The minimum Gasteiger partial charge on any atom is -0.409 e. The number of amides is 1. The van der Waals surface area contributed by atoms with Crippen LogP contribution in [0, 0.1) is 0 Å². The predicted octanol–water partition coefficient (Wildman–Crippen LogP) is 2.33. The van der Waals surface area contributed by atoms with Gasteiger partial charge in [-0.05, 0) is 18.2 Å². The number of nitrogens with zero attached hydrogens (tertiary/aromatic N) is 2. The van der Waals surface area contributed by atoms with Crippen LogP contribution >= 0.6 is 27.5 Å². The first kappa shape index (κ1) is 17.7. The summed E-state index contributed by atoms with van der Waals surface area (Å²) >= 11 is 9.38. The first-order valence-corrected chi connectivity index (χ1v) is 7.36. The van der Waals surface area contributed by atoms with Crippen LogP contribution in [0.3, 0.4) is 0 Å². The third kappa shape index (κ3) is 5.53. The summed E-state index contributed by atoms with van der Waals surface area (Å²) in [6.45, 7) is 1.07. The van der Waals surface area contributed by atoms with Gasteiger partial charge in [0.2, 0.25) is 0 Å². The Morgan fingerprint density at radius 3 is 2.86 bits per heavy atom. The highest BCUT2D eigenvalue weighted by molar-refractivity contribution is 9.10. The Balaban J connectivity index is 2.90. The molecule has 6 nitrogen and oxygen atoms in total. The van der Waals surface area contributed by atoms with Crippen molar-refractivity contribution in [2.24, 2.45) is 10.9 Å². The molecule has 0 aliphatic carbocycles. The van der Waals surface area contributed by atoms with Gasteiger partial charge in [0.05, 0.1) is 17.2 Å². The van der Waals surface area contributed by atoms with E-state index in [2.05, 4.69) is 21.1 Å². The molecule has 0 fully saturated rings. The second kappa shape index (κ2) is 8.86. The molecule has 1 aromatic rings. The van der Waals surface area contributed by atoms with E-state index >= 15 is 0 Å². The molecule has 1 amide bonds. The van der Waals surface area contributed by atoms with Crippen LogP contribution in [0.1, 0.15) is 16.8 Å². The number of halogens is 2. The average Bonchev–Trinajstić information content (AvgIpc) is 2.48. The number of rotatable bonds is 7. The normalized spacial score (nSPS) is 11.5. The number of carbonyl (C=O) groups excluding carboxylic acids is 1. The Bertz CT molecular complexity index is 525. The monoisotopic (exact) mass is 377 g/mol. The van der Waals surface area contributed by atoms with E-state index < -0.39 is 0 Å². The van der Waals surface area contributed by atoms with Crippen molar-refractivity contribution in [3.63, 3.8) is 0 Å². The first-order chi connectivity index (χ1) is 9.99. The quantitative estimate of drug-likeness (QED) is 0.330. The lowest BCUT2D eigenvalue weighted by Crippen LogP contribution is -2.36. The molecule has 0 unspecified atom stereocenters. The Morgan fingerprint density at radius 1 is 1.52 bits per heavy atom. The lowest BCUT2D eigenvalue weighted by Gasteiger charge is -2.22. The van der Waals surface area contributed by atoms with Gasteiger partial charge in [0, 0.05) is 31.1 Å². The summed E-state index contributed by atoms with van der Waals surface area (Å²) in [5, 5.41) is 11.8. The first-order valence-electron chi connectivity index (χ1n) is 6.19. The fraction of sp³-hybridized carbons (Fsp3) is 0.385. The van der Waals surface area contributed by atoms with Gasteiger partial charge in [-0.3, -0.25) is 4.79 Å². The predicted molar refractivity (Wildman–Crippen MR) is 85.0 cm³/mol. The van der Waals surface area contributed by atoms with Crippen LogP contribution in [0.2, 0.25) is 5.02 Å². The maximum atomic E-state index is 12.5. The number of benzene rings is 1. The van der Waals surface area contributed by atoms with E-state index in [0.717, 1.165) is 4.47 Å². The van der Waals surface area contributed by atoms with Gasteiger partial charge in [0.25, 0.3) is 5.91 Å². The van der Waals surface area contributed by atoms with Crippen molar-refractivity contribution in [3.8, 4) is 0 Å². The third-order valence-corrected chi connectivity index (χ3v) is 3.60.